The van der Waals surface area contributed by atoms with Crippen LogP contribution in [0.5, 0.6) is 11.5 Å². The van der Waals surface area contributed by atoms with Gasteiger partial charge in [0.1, 0.15) is 5.69 Å². The fourth-order valence-electron chi connectivity index (χ4n) is 1.80. The molecule has 6 nitrogen and oxygen atoms in total. The van der Waals surface area contributed by atoms with Gasteiger partial charge in [-0.1, -0.05) is 0 Å². The number of aliphatic carboxylic acids is 1. The lowest BCUT2D eigenvalue weighted by atomic mass is 10.2. The van der Waals surface area contributed by atoms with Crippen molar-refractivity contribution < 1.29 is 19.4 Å². The first-order chi connectivity index (χ1) is 9.08. The molecule has 19 heavy (non-hydrogen) atoms. The van der Waals surface area contributed by atoms with E-state index in [1.807, 2.05) is 11.9 Å². The number of hydrogen-bond donors (Lipinski definition) is 1. The summed E-state index contributed by atoms with van der Waals surface area (Å²) in [6.45, 7) is 1.27. The van der Waals surface area contributed by atoms with Crippen LogP contribution in [0.15, 0.2) is 12.3 Å². The van der Waals surface area contributed by atoms with Gasteiger partial charge in [-0.25, -0.2) is 0 Å². The molecule has 0 aliphatic heterocycles. The molecule has 0 radical (unpaired) electrons. The van der Waals surface area contributed by atoms with E-state index >= 15 is 0 Å². The summed E-state index contributed by atoms with van der Waals surface area (Å²) < 4.78 is 10.5. The second-order valence-electron chi connectivity index (χ2n) is 4.23. The summed E-state index contributed by atoms with van der Waals surface area (Å²) in [5, 5.41) is 8.60. The lowest BCUT2D eigenvalue weighted by Gasteiger charge is -2.18. The molecule has 0 atom stereocenters. The first kappa shape index (κ1) is 15.2. The SMILES string of the molecule is COc1ccnc(CN(C)CCCC(=O)O)c1OC. The second-order valence-corrected chi connectivity index (χ2v) is 4.23. The summed E-state index contributed by atoms with van der Waals surface area (Å²) in [6.07, 6.45) is 2.45. The predicted octanol–water partition coefficient (Wildman–Crippen LogP) is 1.40. The molecule has 0 bridgehead atoms. The molecule has 0 saturated carbocycles. The molecule has 1 heterocycles. The molecule has 0 amide bonds. The number of nitrogens with zero attached hydrogens (tertiary/aromatic N) is 2. The number of rotatable bonds is 8. The summed E-state index contributed by atoms with van der Waals surface area (Å²) in [7, 11) is 5.08. The van der Waals surface area contributed by atoms with Gasteiger partial charge in [-0.2, -0.15) is 0 Å². The normalized spacial score (nSPS) is 10.5. The molecule has 0 spiro atoms. The molecule has 0 saturated heterocycles. The van der Waals surface area contributed by atoms with Gasteiger partial charge in [0.2, 0.25) is 0 Å². The topological polar surface area (TPSA) is 71.9 Å². The van der Waals surface area contributed by atoms with Crippen molar-refractivity contribution in [1.82, 2.24) is 9.88 Å². The van der Waals surface area contributed by atoms with Gasteiger partial charge in [0.05, 0.1) is 14.2 Å². The van der Waals surface area contributed by atoms with Gasteiger partial charge in [-0.3, -0.25) is 9.78 Å². The molecule has 6 heteroatoms. The highest BCUT2D eigenvalue weighted by atomic mass is 16.5. The average molecular weight is 268 g/mol. The number of carboxylic acids is 1. The van der Waals surface area contributed by atoms with E-state index in [2.05, 4.69) is 4.98 Å². The van der Waals surface area contributed by atoms with Gasteiger partial charge in [0.25, 0.3) is 0 Å². The number of aromatic nitrogens is 1. The van der Waals surface area contributed by atoms with Crippen LogP contribution in [0.1, 0.15) is 18.5 Å². The maximum absolute atomic E-state index is 10.5. The maximum atomic E-state index is 10.5. The minimum Gasteiger partial charge on any atom is -0.493 e. The number of ether oxygens (including phenoxy) is 2. The van der Waals surface area contributed by atoms with Gasteiger partial charge in [0.15, 0.2) is 11.5 Å². The molecular formula is C13H20N2O4. The van der Waals surface area contributed by atoms with E-state index in [4.69, 9.17) is 14.6 Å². The summed E-state index contributed by atoms with van der Waals surface area (Å²) in [5.74, 6) is 0.493. The number of pyridine rings is 1. The third-order valence-corrected chi connectivity index (χ3v) is 2.72. The highest BCUT2D eigenvalue weighted by Crippen LogP contribution is 2.29. The van der Waals surface area contributed by atoms with Crippen molar-refractivity contribution in [2.45, 2.75) is 19.4 Å². The minimum absolute atomic E-state index is 0.174. The van der Waals surface area contributed by atoms with Crippen molar-refractivity contribution >= 4 is 5.97 Å². The van der Waals surface area contributed by atoms with Gasteiger partial charge in [-0.05, 0) is 20.0 Å². The molecule has 1 N–H and O–H groups in total. The van der Waals surface area contributed by atoms with Crippen molar-refractivity contribution in [3.63, 3.8) is 0 Å². The summed E-state index contributed by atoms with van der Waals surface area (Å²) in [5.41, 5.74) is 0.777. The third kappa shape index (κ3) is 4.75. The van der Waals surface area contributed by atoms with Crippen molar-refractivity contribution in [3.8, 4) is 11.5 Å². The monoisotopic (exact) mass is 268 g/mol. The fraction of sp³-hybridized carbons (Fsp3) is 0.538. The van der Waals surface area contributed by atoms with Gasteiger partial charge < -0.3 is 19.5 Å². The zero-order valence-corrected chi connectivity index (χ0v) is 11.5. The quantitative estimate of drug-likeness (QED) is 0.768. The fourth-order valence-corrected chi connectivity index (χ4v) is 1.80. The highest BCUT2D eigenvalue weighted by Gasteiger charge is 2.12. The van der Waals surface area contributed by atoms with Gasteiger partial charge in [0, 0.05) is 25.2 Å². The van der Waals surface area contributed by atoms with Crippen LogP contribution in [0.25, 0.3) is 0 Å². The second kappa shape index (κ2) is 7.58. The van der Waals surface area contributed by atoms with Gasteiger partial charge >= 0.3 is 5.97 Å². The molecule has 0 aliphatic carbocycles. The molecule has 1 aromatic rings. The molecule has 0 aromatic carbocycles. The Kier molecular flexibility index (Phi) is 6.08. The average Bonchev–Trinajstić information content (AvgIpc) is 2.37. The van der Waals surface area contributed by atoms with E-state index in [1.54, 1.807) is 26.5 Å². The molecular weight excluding hydrogens is 248 g/mol. The van der Waals surface area contributed by atoms with Crippen LogP contribution in [0.3, 0.4) is 0 Å². The molecule has 0 unspecified atom stereocenters. The number of carboxylic acid groups (broad SMARTS) is 1. The van der Waals surface area contributed by atoms with Crippen molar-refractivity contribution in [3.05, 3.63) is 18.0 Å². The maximum Gasteiger partial charge on any atom is 0.303 e. The highest BCUT2D eigenvalue weighted by molar-refractivity contribution is 5.66. The van der Waals surface area contributed by atoms with Gasteiger partial charge in [-0.15, -0.1) is 0 Å². The Bertz CT molecular complexity index is 423. The first-order valence-corrected chi connectivity index (χ1v) is 6.04. The van der Waals surface area contributed by atoms with Crippen molar-refractivity contribution in [2.24, 2.45) is 0 Å². The Hall–Kier alpha value is -1.82. The molecule has 1 rings (SSSR count). The van der Waals surface area contributed by atoms with Crippen molar-refractivity contribution in [2.75, 3.05) is 27.8 Å². The minimum atomic E-state index is -0.773. The number of carbonyl (C=O) groups is 1. The Morgan fingerprint density at radius 3 is 2.74 bits per heavy atom. The standard InChI is InChI=1S/C13H20N2O4/c1-15(8-4-5-12(16)17)9-10-13(19-3)11(18-2)6-7-14-10/h6-7H,4-5,8-9H2,1-3H3,(H,16,17). The predicted molar refractivity (Wildman–Crippen MR) is 70.5 cm³/mol. The molecule has 106 valence electrons. The van der Waals surface area contributed by atoms with Crippen LogP contribution in [-0.4, -0.2) is 48.8 Å². The smallest absolute Gasteiger partial charge is 0.303 e. The van der Waals surface area contributed by atoms with E-state index in [-0.39, 0.29) is 6.42 Å². The van der Waals surface area contributed by atoms with E-state index < -0.39 is 5.97 Å². The molecule has 0 aliphatic rings. The first-order valence-electron chi connectivity index (χ1n) is 6.04. The Labute approximate surface area is 113 Å². The lowest BCUT2D eigenvalue weighted by Crippen LogP contribution is -2.21. The van der Waals surface area contributed by atoms with Crippen LogP contribution in [0.2, 0.25) is 0 Å². The number of hydrogen-bond acceptors (Lipinski definition) is 5. The van der Waals surface area contributed by atoms with Crippen LogP contribution in [0, 0.1) is 0 Å². The zero-order chi connectivity index (χ0) is 14.3. The summed E-state index contributed by atoms with van der Waals surface area (Å²) >= 11 is 0. The van der Waals surface area contributed by atoms with E-state index in [0.29, 0.717) is 31.0 Å². The lowest BCUT2D eigenvalue weighted by molar-refractivity contribution is -0.137. The molecule has 0 fully saturated rings. The Balaban J connectivity index is 2.63. The van der Waals surface area contributed by atoms with Crippen LogP contribution < -0.4 is 9.47 Å². The third-order valence-electron chi connectivity index (χ3n) is 2.72. The Morgan fingerprint density at radius 1 is 1.42 bits per heavy atom. The molecule has 1 aromatic heterocycles. The summed E-state index contributed by atoms with van der Waals surface area (Å²) in [4.78, 5) is 16.7. The van der Waals surface area contributed by atoms with Crippen LogP contribution in [0.4, 0.5) is 0 Å². The summed E-state index contributed by atoms with van der Waals surface area (Å²) in [6, 6.07) is 1.74. The van der Waals surface area contributed by atoms with E-state index in [1.165, 1.54) is 0 Å². The van der Waals surface area contributed by atoms with E-state index in [9.17, 15) is 4.79 Å². The van der Waals surface area contributed by atoms with Crippen LogP contribution >= 0.6 is 0 Å². The van der Waals surface area contributed by atoms with E-state index in [0.717, 1.165) is 5.69 Å². The van der Waals surface area contributed by atoms with Crippen molar-refractivity contribution in [1.29, 1.82) is 0 Å². The van der Waals surface area contributed by atoms with Crippen LogP contribution in [-0.2, 0) is 11.3 Å². The largest absolute Gasteiger partial charge is 0.493 e. The zero-order valence-electron chi connectivity index (χ0n) is 11.5. The number of methoxy groups -OCH3 is 2. The Morgan fingerprint density at radius 2 is 2.16 bits per heavy atom.